The van der Waals surface area contributed by atoms with Gasteiger partial charge >= 0.3 is 6.09 Å². The third-order valence-electron chi connectivity index (χ3n) is 1.29. The molecule has 0 spiro atoms. The number of carbonyl (C=O) groups is 1. The van der Waals surface area contributed by atoms with Gasteiger partial charge in [0.1, 0.15) is 0 Å². The van der Waals surface area contributed by atoms with E-state index in [4.69, 9.17) is 5.11 Å². The van der Waals surface area contributed by atoms with E-state index < -0.39 is 6.09 Å². The van der Waals surface area contributed by atoms with Crippen molar-refractivity contribution in [3.8, 4) is 0 Å². The summed E-state index contributed by atoms with van der Waals surface area (Å²) in [6, 6.07) is 9.38. The van der Waals surface area contributed by atoms with Gasteiger partial charge in [0.2, 0.25) is 0 Å². The van der Waals surface area contributed by atoms with Gasteiger partial charge in [-0.15, -0.1) is 0 Å². The molecule has 1 aromatic carbocycles. The van der Waals surface area contributed by atoms with Gasteiger partial charge in [-0.05, 0) is 5.56 Å². The van der Waals surface area contributed by atoms with Crippen LogP contribution in [0.3, 0.4) is 0 Å². The standard InChI is InChI=1S/C8H9NO2.2H2S/c10-8(11)9-6-7-4-2-1-3-5-7;;/h1-5,9H,6H2,(H,10,11);2*1H2. The van der Waals surface area contributed by atoms with Crippen molar-refractivity contribution in [3.05, 3.63) is 35.9 Å². The van der Waals surface area contributed by atoms with Crippen LogP contribution in [-0.2, 0) is 6.54 Å². The summed E-state index contributed by atoms with van der Waals surface area (Å²) in [7, 11) is 0. The van der Waals surface area contributed by atoms with E-state index >= 15 is 0 Å². The van der Waals surface area contributed by atoms with E-state index in [-0.39, 0.29) is 27.0 Å². The first-order valence-corrected chi connectivity index (χ1v) is 3.30. The van der Waals surface area contributed by atoms with Crippen molar-refractivity contribution in [2.45, 2.75) is 6.54 Å². The van der Waals surface area contributed by atoms with Gasteiger partial charge < -0.3 is 10.4 Å². The summed E-state index contributed by atoms with van der Waals surface area (Å²) in [5, 5.41) is 10.5. The van der Waals surface area contributed by atoms with Crippen LogP contribution in [-0.4, -0.2) is 11.2 Å². The highest BCUT2D eigenvalue weighted by atomic mass is 32.1. The molecule has 0 bridgehead atoms. The summed E-state index contributed by atoms with van der Waals surface area (Å²) >= 11 is 0. The summed E-state index contributed by atoms with van der Waals surface area (Å²) in [6.45, 7) is 0.371. The Labute approximate surface area is 91.1 Å². The topological polar surface area (TPSA) is 49.3 Å². The number of nitrogens with one attached hydrogen (secondary N) is 1. The Morgan fingerprint density at radius 3 is 2.23 bits per heavy atom. The first kappa shape index (κ1) is 14.7. The average Bonchev–Trinajstić information content (AvgIpc) is 2.03. The molecule has 1 amide bonds. The van der Waals surface area contributed by atoms with Crippen LogP contribution in [0.25, 0.3) is 0 Å². The molecule has 3 nitrogen and oxygen atoms in total. The second-order valence-corrected chi connectivity index (χ2v) is 2.14. The number of hydrogen-bond acceptors (Lipinski definition) is 1. The molecule has 0 radical (unpaired) electrons. The molecule has 0 aliphatic carbocycles. The molecular formula is C8H13NO2S2. The molecule has 0 aliphatic rings. The molecule has 0 heterocycles. The van der Waals surface area contributed by atoms with Gasteiger partial charge in [-0.25, -0.2) is 4.79 Å². The molecule has 2 N–H and O–H groups in total. The molecule has 74 valence electrons. The van der Waals surface area contributed by atoms with E-state index in [1.54, 1.807) is 0 Å². The zero-order chi connectivity index (χ0) is 8.10. The Hall–Kier alpha value is -0.810. The van der Waals surface area contributed by atoms with Crippen molar-refractivity contribution in [1.82, 2.24) is 5.32 Å². The van der Waals surface area contributed by atoms with Crippen LogP contribution in [0.15, 0.2) is 30.3 Å². The summed E-state index contributed by atoms with van der Waals surface area (Å²) in [5.41, 5.74) is 0.968. The van der Waals surface area contributed by atoms with Crippen molar-refractivity contribution in [2.24, 2.45) is 0 Å². The monoisotopic (exact) mass is 219 g/mol. The second-order valence-electron chi connectivity index (χ2n) is 2.14. The fourth-order valence-corrected chi connectivity index (χ4v) is 0.774. The largest absolute Gasteiger partial charge is 0.465 e. The lowest BCUT2D eigenvalue weighted by Gasteiger charge is -1.98. The maximum atomic E-state index is 10.1. The molecule has 0 saturated heterocycles. The minimum atomic E-state index is -0.992. The van der Waals surface area contributed by atoms with Crippen molar-refractivity contribution in [3.63, 3.8) is 0 Å². The number of carboxylic acid groups (broad SMARTS) is 1. The molecule has 0 unspecified atom stereocenters. The van der Waals surface area contributed by atoms with Gasteiger partial charge in [0.15, 0.2) is 0 Å². The average molecular weight is 219 g/mol. The predicted octanol–water partition coefficient (Wildman–Crippen LogP) is 1.68. The van der Waals surface area contributed by atoms with Crippen LogP contribution in [0.2, 0.25) is 0 Å². The number of rotatable bonds is 2. The smallest absolute Gasteiger partial charge is 0.404 e. The van der Waals surface area contributed by atoms with E-state index in [9.17, 15) is 4.79 Å². The summed E-state index contributed by atoms with van der Waals surface area (Å²) in [5.74, 6) is 0. The molecule has 1 rings (SSSR count). The van der Waals surface area contributed by atoms with Gasteiger partial charge in [-0.2, -0.15) is 27.0 Å². The van der Waals surface area contributed by atoms with Crippen LogP contribution < -0.4 is 5.32 Å². The van der Waals surface area contributed by atoms with Crippen LogP contribution in [0.4, 0.5) is 4.79 Å². The van der Waals surface area contributed by atoms with Crippen molar-refractivity contribution < 1.29 is 9.90 Å². The molecule has 0 atom stereocenters. The molecule has 5 heteroatoms. The minimum absolute atomic E-state index is 0. The zero-order valence-electron chi connectivity index (χ0n) is 6.95. The highest BCUT2D eigenvalue weighted by Gasteiger charge is 1.93. The Bertz CT molecular complexity index is 241. The Morgan fingerprint density at radius 1 is 1.23 bits per heavy atom. The molecule has 1 aromatic rings. The molecule has 0 saturated carbocycles. The van der Waals surface area contributed by atoms with Crippen LogP contribution >= 0.6 is 27.0 Å². The molecular weight excluding hydrogens is 206 g/mol. The van der Waals surface area contributed by atoms with Gasteiger partial charge in [-0.3, -0.25) is 0 Å². The summed E-state index contributed by atoms with van der Waals surface area (Å²) < 4.78 is 0. The van der Waals surface area contributed by atoms with Gasteiger partial charge in [0, 0.05) is 6.54 Å². The number of amides is 1. The molecule has 0 aromatic heterocycles. The first-order valence-electron chi connectivity index (χ1n) is 3.30. The van der Waals surface area contributed by atoms with Gasteiger partial charge in [0.25, 0.3) is 0 Å². The van der Waals surface area contributed by atoms with E-state index in [0.29, 0.717) is 6.54 Å². The SMILES string of the molecule is O=C(O)NCc1ccccc1.S.S. The molecule has 0 fully saturated rings. The zero-order valence-corrected chi connectivity index (χ0v) is 8.95. The first-order chi connectivity index (χ1) is 5.29. The van der Waals surface area contributed by atoms with Crippen molar-refractivity contribution in [2.75, 3.05) is 0 Å². The lowest BCUT2D eigenvalue weighted by atomic mass is 10.2. The van der Waals surface area contributed by atoms with E-state index in [2.05, 4.69) is 5.32 Å². The third kappa shape index (κ3) is 6.36. The maximum absolute atomic E-state index is 10.1. The van der Waals surface area contributed by atoms with Crippen molar-refractivity contribution in [1.29, 1.82) is 0 Å². The number of hydrogen-bond donors (Lipinski definition) is 2. The highest BCUT2D eigenvalue weighted by Crippen LogP contribution is 1.96. The third-order valence-corrected chi connectivity index (χ3v) is 1.29. The maximum Gasteiger partial charge on any atom is 0.404 e. The normalized spacial score (nSPS) is 7.69. The predicted molar refractivity (Wildman–Crippen MR) is 62.1 cm³/mol. The van der Waals surface area contributed by atoms with E-state index in [0.717, 1.165) is 5.56 Å². The van der Waals surface area contributed by atoms with Crippen molar-refractivity contribution >= 4 is 33.1 Å². The fourth-order valence-electron chi connectivity index (χ4n) is 0.774. The van der Waals surface area contributed by atoms with Crippen LogP contribution in [0.5, 0.6) is 0 Å². The minimum Gasteiger partial charge on any atom is -0.465 e. The molecule has 13 heavy (non-hydrogen) atoms. The Kier molecular flexibility index (Phi) is 8.84. The Morgan fingerprint density at radius 2 is 1.77 bits per heavy atom. The van der Waals surface area contributed by atoms with Crippen LogP contribution in [0.1, 0.15) is 5.56 Å². The van der Waals surface area contributed by atoms with E-state index in [1.165, 1.54) is 0 Å². The number of benzene rings is 1. The second kappa shape index (κ2) is 7.82. The van der Waals surface area contributed by atoms with Gasteiger partial charge in [0.05, 0.1) is 0 Å². The lowest BCUT2D eigenvalue weighted by Crippen LogP contribution is -2.19. The quantitative estimate of drug-likeness (QED) is 0.795. The summed E-state index contributed by atoms with van der Waals surface area (Å²) in [6.07, 6.45) is -0.992. The highest BCUT2D eigenvalue weighted by molar-refractivity contribution is 7.59. The fraction of sp³-hybridized carbons (Fsp3) is 0.125. The summed E-state index contributed by atoms with van der Waals surface area (Å²) in [4.78, 5) is 10.1. The lowest BCUT2D eigenvalue weighted by molar-refractivity contribution is 0.194. The molecule has 0 aliphatic heterocycles. The van der Waals surface area contributed by atoms with Crippen LogP contribution in [0, 0.1) is 0 Å². The van der Waals surface area contributed by atoms with Gasteiger partial charge in [-0.1, -0.05) is 30.3 Å². The Balaban J connectivity index is 0. The van der Waals surface area contributed by atoms with E-state index in [1.807, 2.05) is 30.3 Å².